The van der Waals surface area contributed by atoms with Crippen LogP contribution in [0.4, 0.5) is 9.80 Å². The second-order valence-electron chi connectivity index (χ2n) is 3.98. The van der Waals surface area contributed by atoms with Crippen molar-refractivity contribution in [1.82, 2.24) is 4.90 Å². The zero-order valence-corrected chi connectivity index (χ0v) is 11.6. The molecule has 0 aromatic carbocycles. The number of thiophene rings is 1. The van der Waals surface area contributed by atoms with E-state index < -0.39 is 5.97 Å². The zero-order valence-electron chi connectivity index (χ0n) is 10.8. The Morgan fingerprint density at radius 2 is 2.06 bits per heavy atom. The fraction of sp³-hybridized carbons (Fsp3) is 0.500. The summed E-state index contributed by atoms with van der Waals surface area (Å²) < 4.78 is 0. The first kappa shape index (κ1) is 14.5. The van der Waals surface area contributed by atoms with E-state index in [1.54, 1.807) is 17.3 Å². The molecule has 0 spiro atoms. The van der Waals surface area contributed by atoms with E-state index in [0.29, 0.717) is 5.00 Å². The zero-order chi connectivity index (χ0) is 13.7. The first-order chi connectivity index (χ1) is 8.51. The second kappa shape index (κ2) is 6.39. The van der Waals surface area contributed by atoms with E-state index in [9.17, 15) is 9.59 Å². The van der Waals surface area contributed by atoms with E-state index in [4.69, 9.17) is 5.11 Å². The van der Waals surface area contributed by atoms with Gasteiger partial charge in [0.05, 0.1) is 5.56 Å². The van der Waals surface area contributed by atoms with Gasteiger partial charge >= 0.3 is 12.0 Å². The molecule has 0 saturated heterocycles. The van der Waals surface area contributed by atoms with Crippen LogP contribution in [0.5, 0.6) is 0 Å². The van der Waals surface area contributed by atoms with E-state index in [1.807, 2.05) is 13.8 Å². The highest BCUT2D eigenvalue weighted by Crippen LogP contribution is 2.23. The summed E-state index contributed by atoms with van der Waals surface area (Å²) in [5.41, 5.74) is 0.131. The van der Waals surface area contributed by atoms with Gasteiger partial charge in [-0.25, -0.2) is 9.59 Å². The number of nitrogens with one attached hydrogen (secondary N) is 1. The largest absolute Gasteiger partial charge is 0.478 e. The Bertz CT molecular complexity index is 427. The maximum Gasteiger partial charge on any atom is 0.338 e. The van der Waals surface area contributed by atoms with Crippen molar-refractivity contribution in [3.63, 3.8) is 0 Å². The van der Waals surface area contributed by atoms with Crippen molar-refractivity contribution in [3.8, 4) is 0 Å². The van der Waals surface area contributed by atoms with E-state index in [-0.39, 0.29) is 17.6 Å². The number of rotatable bonds is 5. The molecule has 18 heavy (non-hydrogen) atoms. The van der Waals surface area contributed by atoms with E-state index >= 15 is 0 Å². The lowest BCUT2D eigenvalue weighted by atomic mass is 10.1. The van der Waals surface area contributed by atoms with Crippen LogP contribution >= 0.6 is 11.3 Å². The van der Waals surface area contributed by atoms with Gasteiger partial charge in [0.15, 0.2) is 0 Å². The Morgan fingerprint density at radius 1 is 1.44 bits per heavy atom. The first-order valence-electron chi connectivity index (χ1n) is 5.85. The highest BCUT2D eigenvalue weighted by atomic mass is 32.1. The number of urea groups is 1. The number of nitrogens with zero attached hydrogens (tertiary/aromatic N) is 1. The molecule has 1 rings (SSSR count). The average molecular weight is 270 g/mol. The van der Waals surface area contributed by atoms with Crippen molar-refractivity contribution in [2.75, 3.05) is 12.4 Å². The van der Waals surface area contributed by atoms with Gasteiger partial charge in [-0.05, 0) is 24.3 Å². The summed E-state index contributed by atoms with van der Waals surface area (Å²) in [6.45, 7) is 4.04. The molecular formula is C12H18N2O3S. The number of carboxylic acids is 1. The SMILES string of the molecule is CCC(CC)N(C)C(=O)Nc1sccc1C(=O)O. The maximum absolute atomic E-state index is 12.0. The Hall–Kier alpha value is -1.56. The molecule has 2 N–H and O–H groups in total. The van der Waals surface area contributed by atoms with Crippen molar-refractivity contribution in [3.05, 3.63) is 17.0 Å². The van der Waals surface area contributed by atoms with E-state index in [0.717, 1.165) is 12.8 Å². The number of hydrogen-bond acceptors (Lipinski definition) is 3. The molecule has 6 heteroatoms. The summed E-state index contributed by atoms with van der Waals surface area (Å²) in [4.78, 5) is 24.5. The summed E-state index contributed by atoms with van der Waals surface area (Å²) in [6, 6.07) is 1.38. The summed E-state index contributed by atoms with van der Waals surface area (Å²) in [5, 5.41) is 13.6. The predicted octanol–water partition coefficient (Wildman–Crippen LogP) is 3.10. The van der Waals surface area contributed by atoms with Crippen LogP contribution in [0.1, 0.15) is 37.0 Å². The van der Waals surface area contributed by atoms with Crippen LogP contribution < -0.4 is 5.32 Å². The lowest BCUT2D eigenvalue weighted by molar-refractivity contribution is 0.0698. The average Bonchev–Trinajstić information content (AvgIpc) is 2.78. The fourth-order valence-electron chi connectivity index (χ4n) is 1.76. The fourth-order valence-corrected chi connectivity index (χ4v) is 2.53. The van der Waals surface area contributed by atoms with Gasteiger partial charge in [0.1, 0.15) is 5.00 Å². The quantitative estimate of drug-likeness (QED) is 0.863. The second-order valence-corrected chi connectivity index (χ2v) is 4.90. The van der Waals surface area contributed by atoms with Crippen molar-refractivity contribution in [2.45, 2.75) is 32.7 Å². The van der Waals surface area contributed by atoms with Crippen LogP contribution in [0.15, 0.2) is 11.4 Å². The lowest BCUT2D eigenvalue weighted by Crippen LogP contribution is -2.39. The van der Waals surface area contributed by atoms with Gasteiger partial charge in [-0.15, -0.1) is 11.3 Å². The third-order valence-corrected chi connectivity index (χ3v) is 3.76. The van der Waals surface area contributed by atoms with Crippen molar-refractivity contribution in [2.24, 2.45) is 0 Å². The Balaban J connectivity index is 2.75. The summed E-state index contributed by atoms with van der Waals surface area (Å²) >= 11 is 1.21. The van der Waals surface area contributed by atoms with Gasteiger partial charge in [-0.1, -0.05) is 13.8 Å². The van der Waals surface area contributed by atoms with Crippen molar-refractivity contribution >= 4 is 28.3 Å². The minimum absolute atomic E-state index is 0.131. The standard InChI is InChI=1S/C12H18N2O3S/c1-4-8(5-2)14(3)12(17)13-10-9(11(15)16)6-7-18-10/h6-8H,4-5H2,1-3H3,(H,13,17)(H,15,16). The molecular weight excluding hydrogens is 252 g/mol. The van der Waals surface area contributed by atoms with Crippen LogP contribution in [-0.2, 0) is 0 Å². The Labute approximate surface area is 110 Å². The molecule has 5 nitrogen and oxygen atoms in total. The predicted molar refractivity (Wildman–Crippen MR) is 72.4 cm³/mol. The normalized spacial score (nSPS) is 10.4. The van der Waals surface area contributed by atoms with Crippen molar-refractivity contribution in [1.29, 1.82) is 0 Å². The van der Waals surface area contributed by atoms with Crippen LogP contribution in [-0.4, -0.2) is 35.1 Å². The molecule has 0 radical (unpaired) electrons. The summed E-state index contributed by atoms with van der Waals surface area (Å²) in [7, 11) is 1.72. The number of carboxylic acid groups (broad SMARTS) is 1. The Kier molecular flexibility index (Phi) is 5.15. The molecule has 0 aliphatic carbocycles. The third kappa shape index (κ3) is 3.22. The molecule has 1 heterocycles. The molecule has 0 atom stereocenters. The van der Waals surface area contributed by atoms with Crippen molar-refractivity contribution < 1.29 is 14.7 Å². The number of carbonyl (C=O) groups excluding carboxylic acids is 1. The molecule has 1 aromatic rings. The van der Waals surface area contributed by atoms with Crippen LogP contribution in [0, 0.1) is 0 Å². The van der Waals surface area contributed by atoms with Gasteiger partial charge in [-0.2, -0.15) is 0 Å². The molecule has 0 unspecified atom stereocenters. The van der Waals surface area contributed by atoms with Crippen LogP contribution in [0.2, 0.25) is 0 Å². The molecule has 0 aliphatic rings. The maximum atomic E-state index is 12.0. The first-order valence-corrected chi connectivity index (χ1v) is 6.73. The molecule has 0 bridgehead atoms. The third-order valence-electron chi connectivity index (χ3n) is 2.93. The minimum Gasteiger partial charge on any atom is -0.478 e. The highest BCUT2D eigenvalue weighted by Gasteiger charge is 2.19. The summed E-state index contributed by atoms with van der Waals surface area (Å²) in [6.07, 6.45) is 1.74. The number of anilines is 1. The number of amides is 2. The summed E-state index contributed by atoms with van der Waals surface area (Å²) in [5.74, 6) is -1.03. The topological polar surface area (TPSA) is 69.6 Å². The van der Waals surface area contributed by atoms with Gasteiger partial charge in [0.25, 0.3) is 0 Å². The molecule has 2 amide bonds. The number of hydrogen-bond donors (Lipinski definition) is 2. The Morgan fingerprint density at radius 3 is 2.56 bits per heavy atom. The highest BCUT2D eigenvalue weighted by molar-refractivity contribution is 7.14. The molecule has 100 valence electrons. The van der Waals surface area contributed by atoms with Crippen LogP contribution in [0.25, 0.3) is 0 Å². The monoisotopic (exact) mass is 270 g/mol. The number of carbonyl (C=O) groups is 2. The smallest absolute Gasteiger partial charge is 0.338 e. The van der Waals surface area contributed by atoms with E-state index in [1.165, 1.54) is 17.4 Å². The minimum atomic E-state index is -1.03. The van der Waals surface area contributed by atoms with Gasteiger partial charge < -0.3 is 10.0 Å². The molecule has 0 saturated carbocycles. The molecule has 1 aromatic heterocycles. The van der Waals surface area contributed by atoms with E-state index in [2.05, 4.69) is 5.32 Å². The van der Waals surface area contributed by atoms with Crippen LogP contribution in [0.3, 0.4) is 0 Å². The molecule has 0 aliphatic heterocycles. The van der Waals surface area contributed by atoms with Gasteiger partial charge in [0.2, 0.25) is 0 Å². The van der Waals surface area contributed by atoms with Gasteiger partial charge in [-0.3, -0.25) is 5.32 Å². The molecule has 0 fully saturated rings. The number of aromatic carboxylic acids is 1. The lowest BCUT2D eigenvalue weighted by Gasteiger charge is -2.26. The van der Waals surface area contributed by atoms with Gasteiger partial charge in [0, 0.05) is 13.1 Å².